The number of carbonyl (C=O) groups is 1. The molecule has 2 aromatic carbocycles. The zero-order valence-electron chi connectivity index (χ0n) is 16.1. The molecule has 0 N–H and O–H groups in total. The maximum atomic E-state index is 13.1. The van der Waals surface area contributed by atoms with E-state index in [9.17, 15) is 4.79 Å². The molecule has 0 aliphatic rings. The zero-order valence-corrected chi connectivity index (χ0v) is 16.1. The highest BCUT2D eigenvalue weighted by Gasteiger charge is 2.22. The fourth-order valence-corrected chi connectivity index (χ4v) is 3.31. The number of amides is 1. The number of rotatable bonds is 4. The molecular weight excluding hydrogens is 322 g/mol. The van der Waals surface area contributed by atoms with Gasteiger partial charge in [0.1, 0.15) is 0 Å². The number of aromatic nitrogens is 2. The highest BCUT2D eigenvalue weighted by atomic mass is 16.2. The van der Waals surface area contributed by atoms with Crippen LogP contribution in [0.5, 0.6) is 0 Å². The van der Waals surface area contributed by atoms with Crippen molar-refractivity contribution < 1.29 is 4.79 Å². The standard InChI is InChI=1S/C22H25N3O/c1-15-11-12-19(16(2)13-15)14-24(5)22(26)21-17(3)23-25(18(21)4)20-9-7-6-8-10-20/h6-13H,14H2,1-5H3. The Hall–Kier alpha value is -2.88. The molecule has 1 heterocycles. The van der Waals surface area contributed by atoms with Crippen LogP contribution in [0.25, 0.3) is 5.69 Å². The third-order valence-electron chi connectivity index (χ3n) is 4.76. The molecular formula is C22H25N3O. The summed E-state index contributed by atoms with van der Waals surface area (Å²) in [7, 11) is 1.85. The zero-order chi connectivity index (χ0) is 18.8. The van der Waals surface area contributed by atoms with Crippen molar-refractivity contribution in [1.29, 1.82) is 0 Å². The molecule has 0 atom stereocenters. The monoisotopic (exact) mass is 347 g/mol. The summed E-state index contributed by atoms with van der Waals surface area (Å²) < 4.78 is 1.84. The van der Waals surface area contributed by atoms with Gasteiger partial charge in [-0.15, -0.1) is 0 Å². The van der Waals surface area contributed by atoms with E-state index in [2.05, 4.69) is 37.1 Å². The van der Waals surface area contributed by atoms with Gasteiger partial charge in [-0.3, -0.25) is 4.79 Å². The quantitative estimate of drug-likeness (QED) is 0.702. The third kappa shape index (κ3) is 3.40. The van der Waals surface area contributed by atoms with Crippen molar-refractivity contribution >= 4 is 5.91 Å². The Bertz CT molecular complexity index is 942. The highest BCUT2D eigenvalue weighted by Crippen LogP contribution is 2.21. The molecule has 0 aliphatic carbocycles. The predicted octanol–water partition coefficient (Wildman–Crippen LogP) is 4.38. The lowest BCUT2D eigenvalue weighted by Crippen LogP contribution is -2.27. The van der Waals surface area contributed by atoms with Crippen LogP contribution in [0.3, 0.4) is 0 Å². The Labute approximate surface area is 155 Å². The Morgan fingerprint density at radius 2 is 1.73 bits per heavy atom. The number of hydrogen-bond acceptors (Lipinski definition) is 2. The molecule has 0 fully saturated rings. The van der Waals surface area contributed by atoms with E-state index in [-0.39, 0.29) is 5.91 Å². The van der Waals surface area contributed by atoms with Gasteiger partial charge in [-0.2, -0.15) is 5.10 Å². The van der Waals surface area contributed by atoms with Crippen LogP contribution in [-0.2, 0) is 6.54 Å². The summed E-state index contributed by atoms with van der Waals surface area (Å²) in [5, 5.41) is 4.59. The Kier molecular flexibility index (Phi) is 4.94. The molecule has 3 rings (SSSR count). The first-order valence-electron chi connectivity index (χ1n) is 8.81. The van der Waals surface area contributed by atoms with Crippen molar-refractivity contribution in [1.82, 2.24) is 14.7 Å². The molecule has 134 valence electrons. The molecule has 1 aromatic heterocycles. The van der Waals surface area contributed by atoms with Crippen LogP contribution in [0.1, 0.15) is 38.4 Å². The van der Waals surface area contributed by atoms with Crippen LogP contribution in [0.2, 0.25) is 0 Å². The lowest BCUT2D eigenvalue weighted by atomic mass is 10.0. The van der Waals surface area contributed by atoms with Crippen LogP contribution in [0.4, 0.5) is 0 Å². The first-order valence-corrected chi connectivity index (χ1v) is 8.81. The topological polar surface area (TPSA) is 38.1 Å². The van der Waals surface area contributed by atoms with E-state index in [0.29, 0.717) is 12.1 Å². The van der Waals surface area contributed by atoms with Gasteiger partial charge in [0.2, 0.25) is 0 Å². The van der Waals surface area contributed by atoms with Gasteiger partial charge in [-0.1, -0.05) is 42.0 Å². The number of hydrogen-bond donors (Lipinski definition) is 0. The van der Waals surface area contributed by atoms with Crippen LogP contribution in [-0.4, -0.2) is 27.6 Å². The fraction of sp³-hybridized carbons (Fsp3) is 0.273. The Morgan fingerprint density at radius 3 is 2.38 bits per heavy atom. The van der Waals surface area contributed by atoms with Crippen molar-refractivity contribution in [3.05, 3.63) is 82.2 Å². The molecule has 4 nitrogen and oxygen atoms in total. The van der Waals surface area contributed by atoms with Crippen LogP contribution in [0.15, 0.2) is 48.5 Å². The molecule has 26 heavy (non-hydrogen) atoms. The van der Waals surface area contributed by atoms with E-state index in [1.807, 2.05) is 55.9 Å². The molecule has 0 saturated heterocycles. The summed E-state index contributed by atoms with van der Waals surface area (Å²) in [6.45, 7) is 8.59. The van der Waals surface area contributed by atoms with E-state index in [1.54, 1.807) is 4.90 Å². The van der Waals surface area contributed by atoms with Crippen molar-refractivity contribution in [2.45, 2.75) is 34.2 Å². The second kappa shape index (κ2) is 7.16. The van der Waals surface area contributed by atoms with Crippen molar-refractivity contribution in [3.63, 3.8) is 0 Å². The number of carbonyl (C=O) groups excluding carboxylic acids is 1. The van der Waals surface area contributed by atoms with Gasteiger partial charge in [0.15, 0.2) is 0 Å². The molecule has 0 radical (unpaired) electrons. The molecule has 0 bridgehead atoms. The SMILES string of the molecule is Cc1ccc(CN(C)C(=O)c2c(C)nn(-c3ccccc3)c2C)c(C)c1. The van der Waals surface area contributed by atoms with Gasteiger partial charge >= 0.3 is 0 Å². The average Bonchev–Trinajstić information content (AvgIpc) is 2.92. The summed E-state index contributed by atoms with van der Waals surface area (Å²) >= 11 is 0. The van der Waals surface area contributed by atoms with Gasteiger partial charge < -0.3 is 4.90 Å². The van der Waals surface area contributed by atoms with Crippen molar-refractivity contribution in [3.8, 4) is 5.69 Å². The number of para-hydroxylation sites is 1. The van der Waals surface area contributed by atoms with Gasteiger partial charge in [0.05, 0.1) is 22.6 Å². The molecule has 0 unspecified atom stereocenters. The highest BCUT2D eigenvalue weighted by molar-refractivity contribution is 5.96. The number of nitrogens with zero attached hydrogens (tertiary/aromatic N) is 3. The average molecular weight is 347 g/mol. The fourth-order valence-electron chi connectivity index (χ4n) is 3.31. The van der Waals surface area contributed by atoms with Crippen molar-refractivity contribution in [2.24, 2.45) is 0 Å². The minimum absolute atomic E-state index is 0.00200. The minimum Gasteiger partial charge on any atom is -0.337 e. The third-order valence-corrected chi connectivity index (χ3v) is 4.76. The predicted molar refractivity (Wildman–Crippen MR) is 105 cm³/mol. The molecule has 0 spiro atoms. The van der Waals surface area contributed by atoms with Gasteiger partial charge in [-0.05, 0) is 51.0 Å². The molecule has 3 aromatic rings. The van der Waals surface area contributed by atoms with E-state index < -0.39 is 0 Å². The smallest absolute Gasteiger partial charge is 0.257 e. The molecule has 4 heteroatoms. The lowest BCUT2D eigenvalue weighted by Gasteiger charge is -2.19. The lowest BCUT2D eigenvalue weighted by molar-refractivity contribution is 0.0783. The second-order valence-corrected chi connectivity index (χ2v) is 6.88. The molecule has 0 aliphatic heterocycles. The van der Waals surface area contributed by atoms with Crippen molar-refractivity contribution in [2.75, 3.05) is 7.05 Å². The largest absolute Gasteiger partial charge is 0.337 e. The number of aryl methyl sites for hydroxylation is 3. The van der Waals surface area contributed by atoms with E-state index in [4.69, 9.17) is 0 Å². The second-order valence-electron chi connectivity index (χ2n) is 6.88. The summed E-state index contributed by atoms with van der Waals surface area (Å²) in [6, 6.07) is 16.2. The van der Waals surface area contributed by atoms with Gasteiger partial charge in [-0.25, -0.2) is 4.68 Å². The van der Waals surface area contributed by atoms with E-state index >= 15 is 0 Å². The van der Waals surface area contributed by atoms with E-state index in [1.165, 1.54) is 11.1 Å². The maximum absolute atomic E-state index is 13.1. The summed E-state index contributed by atoms with van der Waals surface area (Å²) in [4.78, 5) is 14.9. The van der Waals surface area contributed by atoms with E-state index in [0.717, 1.165) is 22.6 Å². The Balaban J connectivity index is 1.89. The summed E-state index contributed by atoms with van der Waals surface area (Å²) in [6.07, 6.45) is 0. The van der Waals surface area contributed by atoms with Crippen LogP contribution in [0, 0.1) is 27.7 Å². The van der Waals surface area contributed by atoms with Crippen LogP contribution >= 0.6 is 0 Å². The van der Waals surface area contributed by atoms with Crippen LogP contribution < -0.4 is 0 Å². The normalized spacial score (nSPS) is 10.8. The summed E-state index contributed by atoms with van der Waals surface area (Å²) in [5.41, 5.74) is 6.87. The molecule has 0 saturated carbocycles. The van der Waals surface area contributed by atoms with Gasteiger partial charge in [0.25, 0.3) is 5.91 Å². The first-order chi connectivity index (χ1) is 12.4. The maximum Gasteiger partial charge on any atom is 0.257 e. The first kappa shape index (κ1) is 17.9. The minimum atomic E-state index is 0.00200. The molecule has 1 amide bonds. The Morgan fingerprint density at radius 1 is 1.04 bits per heavy atom. The summed E-state index contributed by atoms with van der Waals surface area (Å²) in [5.74, 6) is 0.00200. The van der Waals surface area contributed by atoms with Gasteiger partial charge in [0, 0.05) is 13.6 Å². The number of benzene rings is 2.